The third-order valence-electron chi connectivity index (χ3n) is 3.76. The molecule has 0 heterocycles. The Labute approximate surface area is 125 Å². The number of carbonyl (C=O) groups excluding carboxylic acids is 1. The van der Waals surface area contributed by atoms with Gasteiger partial charge in [0.1, 0.15) is 17.8 Å². The Morgan fingerprint density at radius 1 is 1.00 bits per heavy atom. The molecule has 0 amide bonds. The number of carbonyl (C=O) groups is 1. The zero-order valence-corrected chi connectivity index (χ0v) is 12.6. The first kappa shape index (κ1) is 15.1. The molecule has 0 fully saturated rings. The van der Waals surface area contributed by atoms with Gasteiger partial charge in [-0.2, -0.15) is 0 Å². The number of para-hydroxylation sites is 1. The Hall–Kier alpha value is -2.29. The number of hydrogen-bond donors (Lipinski definition) is 0. The number of hydrogen-bond acceptors (Lipinski definition) is 3. The average Bonchev–Trinajstić information content (AvgIpc) is 2.55. The van der Waals surface area contributed by atoms with E-state index in [1.807, 2.05) is 55.5 Å². The van der Waals surface area contributed by atoms with Gasteiger partial charge in [0.25, 0.3) is 0 Å². The number of methoxy groups -OCH3 is 2. The van der Waals surface area contributed by atoms with Crippen LogP contribution >= 0.6 is 0 Å². The standard InChI is InChI=1S/C18H20O3/c1-18(13-19,15-8-10-16(20-2)11-9-15)12-14-6-4-5-7-17(14)21-3/h4-11,13H,12H2,1-3H3. The summed E-state index contributed by atoms with van der Waals surface area (Å²) in [6.45, 7) is 1.94. The highest BCUT2D eigenvalue weighted by Gasteiger charge is 2.27. The van der Waals surface area contributed by atoms with Gasteiger partial charge < -0.3 is 14.3 Å². The molecule has 0 radical (unpaired) electrons. The summed E-state index contributed by atoms with van der Waals surface area (Å²) in [7, 11) is 3.27. The molecule has 110 valence electrons. The largest absolute Gasteiger partial charge is 0.497 e. The Morgan fingerprint density at radius 3 is 2.24 bits per heavy atom. The van der Waals surface area contributed by atoms with Crippen molar-refractivity contribution in [1.82, 2.24) is 0 Å². The van der Waals surface area contributed by atoms with E-state index in [4.69, 9.17) is 9.47 Å². The molecule has 0 aliphatic rings. The molecule has 0 aromatic heterocycles. The lowest BCUT2D eigenvalue weighted by Crippen LogP contribution is -2.27. The monoisotopic (exact) mass is 284 g/mol. The molecular formula is C18H20O3. The van der Waals surface area contributed by atoms with Crippen molar-refractivity contribution < 1.29 is 14.3 Å². The van der Waals surface area contributed by atoms with Gasteiger partial charge in [-0.05, 0) is 42.7 Å². The van der Waals surface area contributed by atoms with Gasteiger partial charge in [0.05, 0.1) is 19.6 Å². The van der Waals surface area contributed by atoms with Crippen molar-refractivity contribution in [3.8, 4) is 11.5 Å². The van der Waals surface area contributed by atoms with Gasteiger partial charge in [-0.3, -0.25) is 0 Å². The van der Waals surface area contributed by atoms with Crippen LogP contribution in [0.5, 0.6) is 11.5 Å². The van der Waals surface area contributed by atoms with E-state index in [-0.39, 0.29) is 0 Å². The molecule has 0 spiro atoms. The number of benzene rings is 2. The summed E-state index contributed by atoms with van der Waals surface area (Å²) in [6.07, 6.45) is 1.59. The molecule has 3 heteroatoms. The molecule has 0 saturated heterocycles. The average molecular weight is 284 g/mol. The van der Waals surface area contributed by atoms with E-state index in [1.165, 1.54) is 0 Å². The third-order valence-corrected chi connectivity index (χ3v) is 3.76. The zero-order chi connectivity index (χ0) is 15.3. The minimum atomic E-state index is -0.596. The minimum absolute atomic E-state index is 0.590. The van der Waals surface area contributed by atoms with Gasteiger partial charge >= 0.3 is 0 Å². The quantitative estimate of drug-likeness (QED) is 0.763. The Kier molecular flexibility index (Phi) is 4.63. The molecule has 0 N–H and O–H groups in total. The van der Waals surface area contributed by atoms with Crippen LogP contribution in [0.15, 0.2) is 48.5 Å². The summed E-state index contributed by atoms with van der Waals surface area (Å²) in [5.74, 6) is 1.59. The molecule has 3 nitrogen and oxygen atoms in total. The van der Waals surface area contributed by atoms with Crippen molar-refractivity contribution in [2.24, 2.45) is 0 Å². The van der Waals surface area contributed by atoms with Gasteiger partial charge in [-0.1, -0.05) is 30.3 Å². The first-order chi connectivity index (χ1) is 10.1. The van der Waals surface area contributed by atoms with Crippen LogP contribution < -0.4 is 9.47 Å². The molecule has 2 rings (SSSR count). The lowest BCUT2D eigenvalue weighted by Gasteiger charge is -2.25. The normalized spacial score (nSPS) is 13.3. The van der Waals surface area contributed by atoms with Gasteiger partial charge in [0.15, 0.2) is 0 Å². The van der Waals surface area contributed by atoms with E-state index in [0.717, 1.165) is 28.9 Å². The van der Waals surface area contributed by atoms with Crippen LogP contribution in [0.3, 0.4) is 0 Å². The maximum Gasteiger partial charge on any atom is 0.130 e. The summed E-state index contributed by atoms with van der Waals surface area (Å²) in [6, 6.07) is 15.4. The highest BCUT2D eigenvalue weighted by molar-refractivity contribution is 5.69. The molecule has 2 aromatic rings. The third kappa shape index (κ3) is 3.24. The topological polar surface area (TPSA) is 35.5 Å². The van der Waals surface area contributed by atoms with Crippen LogP contribution in [0, 0.1) is 0 Å². The first-order valence-electron chi connectivity index (χ1n) is 6.85. The van der Waals surface area contributed by atoms with E-state index >= 15 is 0 Å². The Bertz CT molecular complexity index is 604. The summed E-state index contributed by atoms with van der Waals surface area (Å²) < 4.78 is 10.5. The van der Waals surface area contributed by atoms with E-state index in [0.29, 0.717) is 6.42 Å². The smallest absolute Gasteiger partial charge is 0.130 e. The highest BCUT2D eigenvalue weighted by Crippen LogP contribution is 2.31. The molecule has 0 aliphatic heterocycles. The van der Waals surface area contributed by atoms with Crippen LogP contribution in [0.1, 0.15) is 18.1 Å². The summed E-state index contributed by atoms with van der Waals surface area (Å²) in [5, 5.41) is 0. The van der Waals surface area contributed by atoms with Crippen molar-refractivity contribution >= 4 is 6.29 Å². The fraction of sp³-hybridized carbons (Fsp3) is 0.278. The molecule has 21 heavy (non-hydrogen) atoms. The van der Waals surface area contributed by atoms with E-state index < -0.39 is 5.41 Å². The van der Waals surface area contributed by atoms with Crippen molar-refractivity contribution in [3.63, 3.8) is 0 Å². The number of aldehydes is 1. The predicted molar refractivity (Wildman–Crippen MR) is 83.1 cm³/mol. The molecule has 2 aromatic carbocycles. The molecular weight excluding hydrogens is 264 g/mol. The second kappa shape index (κ2) is 6.44. The summed E-state index contributed by atoms with van der Waals surface area (Å²) in [5.41, 5.74) is 1.38. The Balaban J connectivity index is 2.34. The number of ether oxygens (including phenoxy) is 2. The fourth-order valence-corrected chi connectivity index (χ4v) is 2.43. The van der Waals surface area contributed by atoms with Crippen molar-refractivity contribution in [1.29, 1.82) is 0 Å². The van der Waals surface area contributed by atoms with Crippen molar-refractivity contribution in [2.45, 2.75) is 18.8 Å². The predicted octanol–water partition coefficient (Wildman–Crippen LogP) is 3.40. The number of rotatable bonds is 6. The van der Waals surface area contributed by atoms with Gasteiger partial charge in [0, 0.05) is 0 Å². The SMILES string of the molecule is COc1ccc(C(C)(C=O)Cc2ccccc2OC)cc1. The van der Waals surface area contributed by atoms with E-state index in [1.54, 1.807) is 14.2 Å². The Morgan fingerprint density at radius 2 is 1.67 bits per heavy atom. The molecule has 1 atom stereocenters. The zero-order valence-electron chi connectivity index (χ0n) is 12.6. The molecule has 0 aliphatic carbocycles. The molecule has 0 saturated carbocycles. The lowest BCUT2D eigenvalue weighted by molar-refractivity contribution is -0.112. The van der Waals surface area contributed by atoms with Crippen molar-refractivity contribution in [3.05, 3.63) is 59.7 Å². The van der Waals surface area contributed by atoms with Gasteiger partial charge in [-0.25, -0.2) is 0 Å². The fourth-order valence-electron chi connectivity index (χ4n) is 2.43. The van der Waals surface area contributed by atoms with Crippen LogP contribution in [-0.2, 0) is 16.6 Å². The van der Waals surface area contributed by atoms with Gasteiger partial charge in [-0.15, -0.1) is 0 Å². The lowest BCUT2D eigenvalue weighted by atomic mass is 9.78. The maximum absolute atomic E-state index is 11.7. The second-order valence-electron chi connectivity index (χ2n) is 5.25. The maximum atomic E-state index is 11.7. The first-order valence-corrected chi connectivity index (χ1v) is 6.85. The highest BCUT2D eigenvalue weighted by atomic mass is 16.5. The van der Waals surface area contributed by atoms with Gasteiger partial charge in [0.2, 0.25) is 0 Å². The molecule has 1 unspecified atom stereocenters. The summed E-state index contributed by atoms with van der Waals surface area (Å²) in [4.78, 5) is 11.7. The van der Waals surface area contributed by atoms with Crippen LogP contribution in [0.2, 0.25) is 0 Å². The van der Waals surface area contributed by atoms with E-state index in [2.05, 4.69) is 0 Å². The molecule has 0 bridgehead atoms. The van der Waals surface area contributed by atoms with Crippen LogP contribution in [0.25, 0.3) is 0 Å². The summed E-state index contributed by atoms with van der Waals surface area (Å²) >= 11 is 0. The minimum Gasteiger partial charge on any atom is -0.497 e. The van der Waals surface area contributed by atoms with Crippen LogP contribution in [-0.4, -0.2) is 20.5 Å². The second-order valence-corrected chi connectivity index (χ2v) is 5.25. The van der Waals surface area contributed by atoms with Crippen molar-refractivity contribution in [2.75, 3.05) is 14.2 Å². The van der Waals surface area contributed by atoms with Crippen LogP contribution in [0.4, 0.5) is 0 Å². The van der Waals surface area contributed by atoms with E-state index in [9.17, 15) is 4.79 Å².